The summed E-state index contributed by atoms with van der Waals surface area (Å²) < 4.78 is 30.0. The van der Waals surface area contributed by atoms with Crippen LogP contribution >= 0.6 is 0 Å². The molecular formula is C54H38N2O4. The van der Waals surface area contributed by atoms with Crippen LogP contribution in [-0.2, 0) is 0 Å². The van der Waals surface area contributed by atoms with Crippen molar-refractivity contribution in [2.45, 2.75) is 11.8 Å². The zero-order valence-electron chi connectivity index (χ0n) is 32.7. The van der Waals surface area contributed by atoms with Crippen LogP contribution in [0.5, 0.6) is 23.0 Å². The van der Waals surface area contributed by atoms with Gasteiger partial charge in [0.1, 0.15) is 49.4 Å². The number of hydrogen-bond donors (Lipinski definition) is 0. The summed E-state index contributed by atoms with van der Waals surface area (Å²) in [7, 11) is 0. The van der Waals surface area contributed by atoms with Crippen LogP contribution < -0.4 is 18.9 Å². The van der Waals surface area contributed by atoms with Gasteiger partial charge in [-0.15, -0.1) is 25.7 Å². The van der Waals surface area contributed by atoms with Gasteiger partial charge >= 0.3 is 0 Å². The number of ether oxygens (including phenoxy) is 4. The average Bonchev–Trinajstić information content (AvgIpc) is 3.82. The van der Waals surface area contributed by atoms with Gasteiger partial charge in [0, 0.05) is 44.7 Å². The summed E-state index contributed by atoms with van der Waals surface area (Å²) in [6.45, 7) is 0.341. The number of rotatable bonds is 12. The maximum absolute atomic E-state index is 6.46. The fraction of sp³-hybridized carbons (Fsp3) is 0.111. The highest BCUT2D eigenvalue weighted by atomic mass is 16.5. The van der Waals surface area contributed by atoms with Crippen molar-refractivity contribution in [3.05, 3.63) is 179 Å². The second-order valence-corrected chi connectivity index (χ2v) is 14.2. The second-order valence-electron chi connectivity index (χ2n) is 14.2. The van der Waals surface area contributed by atoms with Crippen molar-refractivity contribution in [1.82, 2.24) is 9.13 Å². The highest BCUT2D eigenvalue weighted by molar-refractivity contribution is 5.96. The van der Waals surface area contributed by atoms with Gasteiger partial charge in [0.05, 0.1) is 22.9 Å². The normalized spacial score (nSPS) is 13.9. The van der Waals surface area contributed by atoms with Crippen molar-refractivity contribution in [3.63, 3.8) is 0 Å². The fourth-order valence-electron chi connectivity index (χ4n) is 8.77. The van der Waals surface area contributed by atoms with E-state index in [0.29, 0.717) is 23.0 Å². The summed E-state index contributed by atoms with van der Waals surface area (Å²) in [5.41, 5.74) is 10.0. The van der Waals surface area contributed by atoms with Gasteiger partial charge in [0.2, 0.25) is 0 Å². The molecule has 1 aliphatic rings. The molecule has 60 heavy (non-hydrogen) atoms. The summed E-state index contributed by atoms with van der Waals surface area (Å²) in [6.07, 6.45) is 23.1. The monoisotopic (exact) mass is 778 g/mol. The molecule has 0 fully saturated rings. The summed E-state index contributed by atoms with van der Waals surface area (Å²) in [5, 5.41) is 2.12. The SMILES string of the molecule is C#CCOc1ccc(OCC#C)c(C2c3c(n(-c4ccccc4)c4ccccc34)C(c3cc(OCC#C)ccc3OCC#C)c3c2n(-c2ccccc2)c2ccccc32)c1. The van der Waals surface area contributed by atoms with Crippen molar-refractivity contribution in [2.24, 2.45) is 0 Å². The Morgan fingerprint density at radius 1 is 0.417 bits per heavy atom. The molecule has 2 heterocycles. The van der Waals surface area contributed by atoms with E-state index in [1.165, 1.54) is 0 Å². The number of hydrogen-bond acceptors (Lipinski definition) is 4. The van der Waals surface area contributed by atoms with E-state index in [4.69, 9.17) is 44.6 Å². The lowest BCUT2D eigenvalue weighted by molar-refractivity contribution is 0.354. The van der Waals surface area contributed by atoms with Crippen LogP contribution in [0.25, 0.3) is 33.2 Å². The van der Waals surface area contributed by atoms with Crippen molar-refractivity contribution in [2.75, 3.05) is 26.4 Å². The molecular weight excluding hydrogens is 741 g/mol. The standard InChI is InChI=1S/C54H38N2O4/c1-5-31-57-39-27-29-47(59-33-7-3)43(35-39)51-49-41-23-15-17-25-45(41)56(38-21-13-10-14-22-38)54(49)52(44-36-40(58-32-6-2)28-30-48(44)60-34-8-4)50-42-24-16-18-26-46(42)55(53(50)51)37-19-11-9-12-20-37/h1-4,9-30,35-36,51-52H,31-34H2. The number of fused-ring (bicyclic) bond motifs is 6. The number of nitrogens with zero attached hydrogens (tertiary/aromatic N) is 2. The van der Waals surface area contributed by atoms with E-state index in [1.807, 2.05) is 48.5 Å². The molecule has 8 aromatic rings. The first kappa shape index (κ1) is 37.4. The van der Waals surface area contributed by atoms with Crippen LogP contribution in [0.4, 0.5) is 0 Å². The largest absolute Gasteiger partial charge is 0.481 e. The van der Waals surface area contributed by atoms with Crippen LogP contribution in [0.15, 0.2) is 146 Å². The van der Waals surface area contributed by atoms with Gasteiger partial charge < -0.3 is 28.1 Å². The fourth-order valence-corrected chi connectivity index (χ4v) is 8.77. The van der Waals surface area contributed by atoms with E-state index in [9.17, 15) is 0 Å². The van der Waals surface area contributed by atoms with E-state index >= 15 is 0 Å². The first-order valence-electron chi connectivity index (χ1n) is 19.6. The molecule has 0 amide bonds. The van der Waals surface area contributed by atoms with Crippen LogP contribution in [0.1, 0.15) is 45.5 Å². The van der Waals surface area contributed by atoms with Gasteiger partial charge in [-0.05, 0) is 83.9 Å². The Balaban J connectivity index is 1.52. The molecule has 0 bridgehead atoms. The lowest BCUT2D eigenvalue weighted by Crippen LogP contribution is -2.24. The summed E-state index contributed by atoms with van der Waals surface area (Å²) in [6, 6.07) is 49.6. The third kappa shape index (κ3) is 6.44. The second kappa shape index (κ2) is 16.4. The Morgan fingerprint density at radius 3 is 1.18 bits per heavy atom. The molecule has 0 spiro atoms. The minimum Gasteiger partial charge on any atom is -0.481 e. The van der Waals surface area contributed by atoms with E-state index < -0.39 is 11.8 Å². The van der Waals surface area contributed by atoms with Crippen molar-refractivity contribution in [3.8, 4) is 83.7 Å². The van der Waals surface area contributed by atoms with E-state index in [1.54, 1.807) is 0 Å². The molecule has 0 saturated heterocycles. The molecule has 6 nitrogen and oxygen atoms in total. The van der Waals surface area contributed by atoms with Gasteiger partial charge in [-0.3, -0.25) is 0 Å². The molecule has 1 aliphatic carbocycles. The quantitative estimate of drug-likeness (QED) is 0.116. The van der Waals surface area contributed by atoms with Crippen molar-refractivity contribution < 1.29 is 18.9 Å². The first-order chi connectivity index (χ1) is 29.7. The first-order valence-corrected chi connectivity index (χ1v) is 19.6. The van der Waals surface area contributed by atoms with Crippen LogP contribution in [0.3, 0.4) is 0 Å². The molecule has 0 radical (unpaired) electrons. The topological polar surface area (TPSA) is 46.8 Å². The molecule has 6 heteroatoms. The Kier molecular flexibility index (Phi) is 10.2. The van der Waals surface area contributed by atoms with Gasteiger partial charge in [-0.2, -0.15) is 0 Å². The van der Waals surface area contributed by atoms with Crippen LogP contribution in [-0.4, -0.2) is 35.6 Å². The third-order valence-corrected chi connectivity index (χ3v) is 10.9. The Hall–Kier alpha value is -8.16. The highest BCUT2D eigenvalue weighted by Crippen LogP contribution is 2.58. The minimum atomic E-state index is -0.438. The van der Waals surface area contributed by atoms with Gasteiger partial charge in [-0.25, -0.2) is 0 Å². The minimum absolute atomic E-state index is 0.0698. The summed E-state index contributed by atoms with van der Waals surface area (Å²) in [4.78, 5) is 0. The lowest BCUT2D eigenvalue weighted by atomic mass is 9.71. The maximum atomic E-state index is 6.46. The maximum Gasteiger partial charge on any atom is 0.148 e. The van der Waals surface area contributed by atoms with Crippen molar-refractivity contribution in [1.29, 1.82) is 0 Å². The lowest BCUT2D eigenvalue weighted by Gasteiger charge is -2.35. The van der Waals surface area contributed by atoms with Crippen LogP contribution in [0, 0.1) is 49.4 Å². The number of para-hydroxylation sites is 4. The molecule has 2 unspecified atom stereocenters. The highest BCUT2D eigenvalue weighted by Gasteiger charge is 2.45. The zero-order valence-corrected chi connectivity index (χ0v) is 32.7. The predicted molar refractivity (Wildman–Crippen MR) is 239 cm³/mol. The number of aromatic nitrogens is 2. The Labute approximate surface area is 349 Å². The number of terminal acetylenes is 4. The molecule has 0 N–H and O–H groups in total. The Bertz CT molecular complexity index is 2850. The molecule has 0 aliphatic heterocycles. The number of benzene rings is 6. The van der Waals surface area contributed by atoms with Gasteiger partial charge in [0.25, 0.3) is 0 Å². The van der Waals surface area contributed by atoms with Crippen molar-refractivity contribution >= 4 is 21.8 Å². The average molecular weight is 779 g/mol. The molecule has 288 valence electrons. The van der Waals surface area contributed by atoms with E-state index in [2.05, 4.69) is 130 Å². The third-order valence-electron chi connectivity index (χ3n) is 10.9. The zero-order chi connectivity index (χ0) is 41.0. The molecule has 0 saturated carbocycles. The molecule has 2 aromatic heterocycles. The predicted octanol–water partition coefficient (Wildman–Crippen LogP) is 10.3. The van der Waals surface area contributed by atoms with Gasteiger partial charge in [-0.1, -0.05) is 96.5 Å². The van der Waals surface area contributed by atoms with E-state index in [0.717, 1.165) is 66.8 Å². The summed E-state index contributed by atoms with van der Waals surface area (Å²) >= 11 is 0. The summed E-state index contributed by atoms with van der Waals surface area (Å²) in [5.74, 6) is 12.2. The smallest absolute Gasteiger partial charge is 0.148 e. The molecule has 2 atom stereocenters. The van der Waals surface area contributed by atoms with Crippen LogP contribution in [0.2, 0.25) is 0 Å². The van der Waals surface area contributed by atoms with Gasteiger partial charge in [0.15, 0.2) is 0 Å². The molecule has 6 aromatic carbocycles. The molecule has 9 rings (SSSR count). The Morgan fingerprint density at radius 2 is 0.783 bits per heavy atom. The van der Waals surface area contributed by atoms with E-state index in [-0.39, 0.29) is 26.4 Å².